The molecule has 1 aliphatic heterocycles. The number of benzene rings is 2. The van der Waals surface area contributed by atoms with Crippen LogP contribution >= 0.6 is 0 Å². The molecule has 31 heavy (non-hydrogen) atoms. The molecule has 0 saturated heterocycles. The molecule has 0 spiro atoms. The summed E-state index contributed by atoms with van der Waals surface area (Å²) in [5.74, 6) is 2.39. The van der Waals surface area contributed by atoms with Crippen molar-refractivity contribution in [3.63, 3.8) is 0 Å². The van der Waals surface area contributed by atoms with Crippen LogP contribution in [0.15, 0.2) is 48.5 Å². The lowest BCUT2D eigenvalue weighted by molar-refractivity contribution is 0.0787. The van der Waals surface area contributed by atoms with Gasteiger partial charge in [-0.2, -0.15) is 0 Å². The summed E-state index contributed by atoms with van der Waals surface area (Å²) in [5.41, 5.74) is 4.30. The molecular weight excluding hydrogens is 392 g/mol. The van der Waals surface area contributed by atoms with Gasteiger partial charge in [0.25, 0.3) is 0 Å². The maximum absolute atomic E-state index is 10.5. The molecule has 4 rings (SSSR count). The van der Waals surface area contributed by atoms with E-state index in [2.05, 4.69) is 5.32 Å². The van der Waals surface area contributed by atoms with E-state index in [0.29, 0.717) is 17.9 Å². The van der Waals surface area contributed by atoms with E-state index in [1.165, 1.54) is 0 Å². The summed E-state index contributed by atoms with van der Waals surface area (Å²) in [6, 6.07) is 15.3. The number of anilines is 1. The average Bonchev–Trinajstić information content (AvgIpc) is 3.24. The Kier molecular flexibility index (Phi) is 6.28. The number of aromatic nitrogens is 1. The molecule has 6 nitrogen and oxygen atoms in total. The van der Waals surface area contributed by atoms with Crippen LogP contribution in [0.4, 0.5) is 5.82 Å². The van der Waals surface area contributed by atoms with Crippen molar-refractivity contribution in [1.82, 2.24) is 4.98 Å². The van der Waals surface area contributed by atoms with Gasteiger partial charge in [-0.3, -0.25) is 0 Å². The number of aromatic hydroxyl groups is 1. The molecule has 0 amide bonds. The predicted octanol–water partition coefficient (Wildman–Crippen LogP) is 5.39. The number of nitrogens with zero attached hydrogens (tertiary/aromatic N) is 1. The van der Waals surface area contributed by atoms with Crippen LogP contribution in [0.3, 0.4) is 0 Å². The minimum Gasteiger partial charge on any atom is -0.507 e. The summed E-state index contributed by atoms with van der Waals surface area (Å²) in [4.78, 5) is 4.77. The van der Waals surface area contributed by atoms with E-state index >= 15 is 0 Å². The third kappa shape index (κ3) is 4.91. The summed E-state index contributed by atoms with van der Waals surface area (Å²) >= 11 is 0. The Bertz CT molecular complexity index is 1070. The molecule has 2 heterocycles. The van der Waals surface area contributed by atoms with E-state index in [0.717, 1.165) is 47.0 Å². The summed E-state index contributed by atoms with van der Waals surface area (Å²) in [6.45, 7) is 7.69. The highest BCUT2D eigenvalue weighted by molar-refractivity contribution is 5.80. The maximum atomic E-state index is 10.5. The lowest BCUT2D eigenvalue weighted by Crippen LogP contribution is -2.10. The van der Waals surface area contributed by atoms with E-state index in [1.807, 2.05) is 63.2 Å². The van der Waals surface area contributed by atoms with Gasteiger partial charge in [-0.05, 0) is 63.1 Å². The third-order valence-corrected chi connectivity index (χ3v) is 5.04. The number of phenols is 1. The molecule has 0 bridgehead atoms. The van der Waals surface area contributed by atoms with Crippen LogP contribution in [0, 0.1) is 6.92 Å². The Labute approximate surface area is 182 Å². The first-order chi connectivity index (χ1) is 15.0. The first kappa shape index (κ1) is 21.0. The molecule has 1 aromatic heterocycles. The molecule has 1 aliphatic rings. The number of pyridine rings is 1. The Hall–Kier alpha value is -3.25. The summed E-state index contributed by atoms with van der Waals surface area (Å²) in [5, 5.41) is 13.9. The number of hydrogen-bond donors (Lipinski definition) is 2. The fraction of sp³-hybridized carbons (Fsp3) is 0.320. The Morgan fingerprint density at radius 2 is 1.97 bits per heavy atom. The highest BCUT2D eigenvalue weighted by atomic mass is 16.7. The number of phenolic OH excluding ortho intramolecular Hbond substituents is 1. The van der Waals surface area contributed by atoms with Crippen LogP contribution in [0.5, 0.6) is 17.2 Å². The fourth-order valence-corrected chi connectivity index (χ4v) is 3.53. The zero-order valence-electron chi connectivity index (χ0n) is 18.1. The number of para-hydroxylation sites is 1. The summed E-state index contributed by atoms with van der Waals surface area (Å²) in [6.07, 6.45) is 1.09. The van der Waals surface area contributed by atoms with Gasteiger partial charge < -0.3 is 24.6 Å². The van der Waals surface area contributed by atoms with E-state index in [4.69, 9.17) is 19.2 Å². The van der Waals surface area contributed by atoms with Gasteiger partial charge in [-0.25, -0.2) is 4.98 Å². The SMILES string of the molecule is Cc1ccc(O)c(-c2cc(-c3cccc4c3OCO4)cc(NCCCOC(C)C)n2)c1. The highest BCUT2D eigenvalue weighted by Crippen LogP contribution is 2.43. The van der Waals surface area contributed by atoms with Gasteiger partial charge in [-0.15, -0.1) is 0 Å². The second-order valence-corrected chi connectivity index (χ2v) is 7.89. The van der Waals surface area contributed by atoms with Crippen molar-refractivity contribution in [2.75, 3.05) is 25.3 Å². The lowest BCUT2D eigenvalue weighted by Gasteiger charge is -2.14. The summed E-state index contributed by atoms with van der Waals surface area (Å²) in [7, 11) is 0. The smallest absolute Gasteiger partial charge is 0.231 e. The van der Waals surface area contributed by atoms with Gasteiger partial charge in [0.1, 0.15) is 11.6 Å². The molecule has 0 aliphatic carbocycles. The number of fused-ring (bicyclic) bond motifs is 1. The van der Waals surface area contributed by atoms with Crippen molar-refractivity contribution in [3.8, 4) is 39.6 Å². The molecule has 2 N–H and O–H groups in total. The van der Waals surface area contributed by atoms with Crippen molar-refractivity contribution in [2.24, 2.45) is 0 Å². The van der Waals surface area contributed by atoms with Crippen molar-refractivity contribution >= 4 is 5.82 Å². The molecule has 3 aromatic rings. The van der Waals surface area contributed by atoms with E-state index < -0.39 is 0 Å². The number of hydrogen-bond acceptors (Lipinski definition) is 6. The third-order valence-electron chi connectivity index (χ3n) is 5.04. The van der Waals surface area contributed by atoms with Gasteiger partial charge in [0.15, 0.2) is 11.5 Å². The van der Waals surface area contributed by atoms with Gasteiger partial charge in [0.2, 0.25) is 6.79 Å². The number of aryl methyl sites for hydroxylation is 1. The standard InChI is InChI=1S/C25H28N2O4/c1-16(2)29-11-5-10-26-24-14-18(19-6-4-7-23-25(19)31-15-30-23)13-21(27-24)20-12-17(3)8-9-22(20)28/h4,6-9,12-14,16,28H,5,10-11,15H2,1-3H3,(H,26,27). The zero-order valence-corrected chi connectivity index (χ0v) is 18.1. The average molecular weight is 421 g/mol. The molecule has 0 saturated carbocycles. The second kappa shape index (κ2) is 9.27. The fourth-order valence-electron chi connectivity index (χ4n) is 3.53. The minimum absolute atomic E-state index is 0.199. The number of rotatable bonds is 8. The highest BCUT2D eigenvalue weighted by Gasteiger charge is 2.20. The predicted molar refractivity (Wildman–Crippen MR) is 122 cm³/mol. The van der Waals surface area contributed by atoms with Crippen LogP contribution in [0.1, 0.15) is 25.8 Å². The van der Waals surface area contributed by atoms with Crippen LogP contribution < -0.4 is 14.8 Å². The van der Waals surface area contributed by atoms with Gasteiger partial charge in [0, 0.05) is 24.3 Å². The molecule has 2 aromatic carbocycles. The topological polar surface area (TPSA) is 72.8 Å². The molecule has 0 radical (unpaired) electrons. The van der Waals surface area contributed by atoms with Crippen LogP contribution in [-0.2, 0) is 4.74 Å². The van der Waals surface area contributed by atoms with Crippen molar-refractivity contribution in [2.45, 2.75) is 33.3 Å². The molecule has 0 atom stereocenters. The Balaban J connectivity index is 1.69. The van der Waals surface area contributed by atoms with Crippen LogP contribution in [0.25, 0.3) is 22.4 Å². The Morgan fingerprint density at radius 1 is 1.10 bits per heavy atom. The van der Waals surface area contributed by atoms with Crippen LogP contribution in [0.2, 0.25) is 0 Å². The molecule has 162 valence electrons. The van der Waals surface area contributed by atoms with Gasteiger partial charge in [0.05, 0.1) is 11.8 Å². The first-order valence-electron chi connectivity index (χ1n) is 10.6. The quantitative estimate of drug-likeness (QED) is 0.476. The van der Waals surface area contributed by atoms with Gasteiger partial charge in [-0.1, -0.05) is 23.8 Å². The molecule has 0 unspecified atom stereocenters. The minimum atomic E-state index is 0.199. The maximum Gasteiger partial charge on any atom is 0.231 e. The van der Waals surface area contributed by atoms with Crippen molar-refractivity contribution < 1.29 is 19.3 Å². The van der Waals surface area contributed by atoms with E-state index in [-0.39, 0.29) is 18.6 Å². The summed E-state index contributed by atoms with van der Waals surface area (Å²) < 4.78 is 16.9. The molecule has 0 fully saturated rings. The van der Waals surface area contributed by atoms with Crippen molar-refractivity contribution in [1.29, 1.82) is 0 Å². The monoisotopic (exact) mass is 420 g/mol. The van der Waals surface area contributed by atoms with E-state index in [9.17, 15) is 5.11 Å². The van der Waals surface area contributed by atoms with Crippen molar-refractivity contribution in [3.05, 3.63) is 54.1 Å². The zero-order chi connectivity index (χ0) is 21.8. The number of nitrogens with one attached hydrogen (secondary N) is 1. The number of ether oxygens (including phenoxy) is 3. The van der Waals surface area contributed by atoms with E-state index in [1.54, 1.807) is 6.07 Å². The van der Waals surface area contributed by atoms with Crippen LogP contribution in [-0.4, -0.2) is 36.1 Å². The Morgan fingerprint density at radius 3 is 2.81 bits per heavy atom. The normalized spacial score (nSPS) is 12.4. The lowest BCUT2D eigenvalue weighted by atomic mass is 10.0. The second-order valence-electron chi connectivity index (χ2n) is 7.89. The molecule has 6 heteroatoms. The van der Waals surface area contributed by atoms with Gasteiger partial charge >= 0.3 is 0 Å². The first-order valence-corrected chi connectivity index (χ1v) is 10.6. The molecular formula is C25H28N2O4. The largest absolute Gasteiger partial charge is 0.507 e.